The molecule has 0 spiro atoms. The maximum absolute atomic E-state index is 13.8. The number of ether oxygens (including phenoxy) is 1. The van der Waals surface area contributed by atoms with E-state index >= 15 is 0 Å². The molecule has 1 N–H and O–H groups in total. The molecular weight excluding hydrogens is 331 g/mol. The molecule has 0 bridgehead atoms. The van der Waals surface area contributed by atoms with Gasteiger partial charge in [0.2, 0.25) is 10.0 Å². The minimum absolute atomic E-state index is 0.123. The monoisotopic (exact) mass is 348 g/mol. The lowest BCUT2D eigenvalue weighted by molar-refractivity contribution is -0.0449. The van der Waals surface area contributed by atoms with Crippen LogP contribution >= 0.6 is 11.6 Å². The molecular formula is C14H18ClFN2O3S. The summed E-state index contributed by atoms with van der Waals surface area (Å²) in [4.78, 5) is 1.89. The van der Waals surface area contributed by atoms with Crippen molar-refractivity contribution in [3.8, 4) is 0 Å². The Morgan fingerprint density at radius 1 is 1.45 bits per heavy atom. The van der Waals surface area contributed by atoms with E-state index in [1.165, 1.54) is 18.2 Å². The van der Waals surface area contributed by atoms with E-state index in [4.69, 9.17) is 16.3 Å². The lowest BCUT2D eigenvalue weighted by Gasteiger charge is -2.35. The minimum Gasteiger partial charge on any atom is -0.374 e. The molecule has 2 heterocycles. The third-order valence-electron chi connectivity index (χ3n) is 4.17. The fourth-order valence-corrected chi connectivity index (χ4v) is 4.38. The molecule has 1 aromatic carbocycles. The van der Waals surface area contributed by atoms with Crippen LogP contribution in [0, 0.1) is 5.82 Å². The summed E-state index contributed by atoms with van der Waals surface area (Å²) >= 11 is 5.63. The van der Waals surface area contributed by atoms with Crippen LogP contribution in [0.3, 0.4) is 0 Å². The van der Waals surface area contributed by atoms with E-state index < -0.39 is 20.7 Å². The first kappa shape index (κ1) is 16.1. The van der Waals surface area contributed by atoms with Gasteiger partial charge in [-0.3, -0.25) is 4.90 Å². The lowest BCUT2D eigenvalue weighted by atomic mass is 10.2. The standard InChI is InChI=1S/C14H18ClFN2O3S/c15-12-4-1-5-13(14(12)16)22(19,20)17-7-11-8-18-6-2-3-10(18)9-21-11/h1,4-5,10-11,17H,2-3,6-9H2/t10-,11+/m0/s1. The van der Waals surface area contributed by atoms with Crippen LogP contribution in [0.4, 0.5) is 4.39 Å². The molecule has 22 heavy (non-hydrogen) atoms. The number of sulfonamides is 1. The lowest BCUT2D eigenvalue weighted by Crippen LogP contribution is -2.50. The summed E-state index contributed by atoms with van der Waals surface area (Å²) in [6, 6.07) is 4.37. The van der Waals surface area contributed by atoms with Crippen LogP contribution in [-0.2, 0) is 14.8 Å². The third-order valence-corrected chi connectivity index (χ3v) is 5.90. The van der Waals surface area contributed by atoms with Crippen molar-refractivity contribution in [3.63, 3.8) is 0 Å². The van der Waals surface area contributed by atoms with Gasteiger partial charge in [0.25, 0.3) is 0 Å². The number of rotatable bonds is 4. The number of hydrogen-bond donors (Lipinski definition) is 1. The van der Waals surface area contributed by atoms with Gasteiger partial charge in [0.1, 0.15) is 4.90 Å². The van der Waals surface area contributed by atoms with Crippen LogP contribution < -0.4 is 4.72 Å². The summed E-state index contributed by atoms with van der Waals surface area (Å²) in [5.41, 5.74) is 0. The first-order valence-electron chi connectivity index (χ1n) is 7.27. The Hall–Kier alpha value is -0.730. The summed E-state index contributed by atoms with van der Waals surface area (Å²) in [6.07, 6.45) is 2.07. The van der Waals surface area contributed by atoms with Crippen molar-refractivity contribution >= 4 is 21.6 Å². The van der Waals surface area contributed by atoms with Gasteiger partial charge in [-0.1, -0.05) is 17.7 Å². The average Bonchev–Trinajstić information content (AvgIpc) is 2.95. The number of nitrogens with zero attached hydrogens (tertiary/aromatic N) is 1. The number of hydrogen-bond acceptors (Lipinski definition) is 4. The second-order valence-electron chi connectivity index (χ2n) is 5.65. The van der Waals surface area contributed by atoms with Gasteiger partial charge in [-0.15, -0.1) is 0 Å². The molecule has 0 radical (unpaired) electrons. The molecule has 0 aliphatic carbocycles. The first-order valence-corrected chi connectivity index (χ1v) is 9.13. The highest BCUT2D eigenvalue weighted by Crippen LogP contribution is 2.24. The van der Waals surface area contributed by atoms with Gasteiger partial charge in [-0.2, -0.15) is 0 Å². The van der Waals surface area contributed by atoms with Crippen LogP contribution in [0.1, 0.15) is 12.8 Å². The van der Waals surface area contributed by atoms with Crippen molar-refractivity contribution in [2.45, 2.75) is 29.9 Å². The Kier molecular flexibility index (Phi) is 4.70. The van der Waals surface area contributed by atoms with E-state index in [-0.39, 0.29) is 17.7 Å². The SMILES string of the molecule is O=S(=O)(NC[C@@H]1CN2CCC[C@H]2CO1)c1cccc(Cl)c1F. The molecule has 5 nitrogen and oxygen atoms in total. The van der Waals surface area contributed by atoms with E-state index in [0.29, 0.717) is 19.2 Å². The van der Waals surface area contributed by atoms with Crippen LogP contribution in [0.15, 0.2) is 23.1 Å². The molecule has 1 aromatic rings. The summed E-state index contributed by atoms with van der Waals surface area (Å²) in [7, 11) is -3.94. The van der Waals surface area contributed by atoms with Crippen LogP contribution in [0.25, 0.3) is 0 Å². The molecule has 0 unspecified atom stereocenters. The zero-order valence-electron chi connectivity index (χ0n) is 12.0. The summed E-state index contributed by atoms with van der Waals surface area (Å²) in [6.45, 7) is 2.47. The number of benzene rings is 1. The molecule has 2 saturated heterocycles. The number of nitrogens with one attached hydrogen (secondary N) is 1. The minimum atomic E-state index is -3.94. The van der Waals surface area contributed by atoms with Gasteiger partial charge in [-0.25, -0.2) is 17.5 Å². The maximum atomic E-state index is 13.8. The molecule has 2 fully saturated rings. The first-order chi connectivity index (χ1) is 10.5. The van der Waals surface area contributed by atoms with Crippen molar-refractivity contribution in [1.82, 2.24) is 9.62 Å². The average molecular weight is 349 g/mol. The predicted molar refractivity (Wildman–Crippen MR) is 80.9 cm³/mol. The van der Waals surface area contributed by atoms with Crippen LogP contribution in [-0.4, -0.2) is 51.7 Å². The highest BCUT2D eigenvalue weighted by Gasteiger charge is 2.33. The number of fused-ring (bicyclic) bond motifs is 1. The predicted octanol–water partition coefficient (Wildman–Crippen LogP) is 1.62. The molecule has 8 heteroatoms. The van der Waals surface area contributed by atoms with Gasteiger partial charge >= 0.3 is 0 Å². The molecule has 0 amide bonds. The van der Waals surface area contributed by atoms with Gasteiger partial charge in [-0.05, 0) is 31.5 Å². The largest absolute Gasteiger partial charge is 0.374 e. The fraction of sp³-hybridized carbons (Fsp3) is 0.571. The van der Waals surface area contributed by atoms with Gasteiger partial charge in [0.15, 0.2) is 5.82 Å². The Morgan fingerprint density at radius 3 is 3.09 bits per heavy atom. The van der Waals surface area contributed by atoms with Gasteiger partial charge < -0.3 is 4.74 Å². The van der Waals surface area contributed by atoms with Crippen LogP contribution in [0.2, 0.25) is 5.02 Å². The van der Waals surface area contributed by atoms with Crippen molar-refractivity contribution < 1.29 is 17.5 Å². The Bertz CT molecular complexity index is 655. The van der Waals surface area contributed by atoms with Crippen molar-refractivity contribution in [2.75, 3.05) is 26.2 Å². The second kappa shape index (κ2) is 6.41. The molecule has 2 aliphatic heterocycles. The van der Waals surface area contributed by atoms with E-state index in [9.17, 15) is 12.8 Å². The smallest absolute Gasteiger partial charge is 0.243 e. The van der Waals surface area contributed by atoms with Crippen molar-refractivity contribution in [2.24, 2.45) is 0 Å². The maximum Gasteiger partial charge on any atom is 0.243 e. The second-order valence-corrected chi connectivity index (χ2v) is 7.79. The summed E-state index contributed by atoms with van der Waals surface area (Å²) in [5.74, 6) is -0.930. The van der Waals surface area contributed by atoms with E-state index in [2.05, 4.69) is 9.62 Å². The molecule has 2 aliphatic rings. The number of morpholine rings is 1. The Balaban J connectivity index is 1.64. The quantitative estimate of drug-likeness (QED) is 0.898. The third kappa shape index (κ3) is 3.28. The summed E-state index contributed by atoms with van der Waals surface area (Å²) < 4.78 is 46.3. The fourth-order valence-electron chi connectivity index (χ4n) is 2.98. The van der Waals surface area contributed by atoms with Crippen molar-refractivity contribution in [1.29, 1.82) is 0 Å². The van der Waals surface area contributed by atoms with Crippen LogP contribution in [0.5, 0.6) is 0 Å². The topological polar surface area (TPSA) is 58.6 Å². The molecule has 0 saturated carbocycles. The highest BCUT2D eigenvalue weighted by molar-refractivity contribution is 7.89. The molecule has 3 rings (SSSR count). The normalized spacial score (nSPS) is 26.1. The molecule has 0 aromatic heterocycles. The molecule has 122 valence electrons. The summed E-state index contributed by atoms with van der Waals surface area (Å²) in [5, 5.41) is -0.211. The van der Waals surface area contributed by atoms with Gasteiger partial charge in [0, 0.05) is 19.1 Å². The van der Waals surface area contributed by atoms with Gasteiger partial charge in [0.05, 0.1) is 17.7 Å². The Morgan fingerprint density at radius 2 is 2.27 bits per heavy atom. The number of halogens is 2. The van der Waals surface area contributed by atoms with E-state index in [0.717, 1.165) is 19.4 Å². The van der Waals surface area contributed by atoms with E-state index in [1.54, 1.807) is 0 Å². The zero-order valence-corrected chi connectivity index (χ0v) is 13.5. The highest BCUT2D eigenvalue weighted by atomic mass is 35.5. The Labute approximate surface area is 134 Å². The van der Waals surface area contributed by atoms with Crippen molar-refractivity contribution in [3.05, 3.63) is 29.0 Å². The molecule has 2 atom stereocenters. The van der Waals surface area contributed by atoms with E-state index in [1.807, 2.05) is 0 Å². The zero-order chi connectivity index (χ0) is 15.7.